The third-order valence-corrected chi connectivity index (χ3v) is 6.67. The predicted molar refractivity (Wildman–Crippen MR) is 192 cm³/mol. The molecule has 0 aliphatic heterocycles. The van der Waals surface area contributed by atoms with E-state index in [4.69, 9.17) is 4.74 Å². The number of hydrogen-bond acceptors (Lipinski definition) is 1. The number of hydrogen-bond donors (Lipinski definition) is 0. The van der Waals surface area contributed by atoms with Gasteiger partial charge in [-0.05, 0) is 101 Å². The summed E-state index contributed by atoms with van der Waals surface area (Å²) in [4.78, 5) is 0. The highest BCUT2D eigenvalue weighted by molar-refractivity contribution is 5.32. The van der Waals surface area contributed by atoms with Gasteiger partial charge in [0.15, 0.2) is 0 Å². The molecule has 0 heterocycles. The lowest BCUT2D eigenvalue weighted by Gasteiger charge is -2.20. The maximum atomic E-state index is 5.45. The molecule has 0 rings (SSSR count). The zero-order valence-corrected chi connectivity index (χ0v) is 28.8. The largest absolute Gasteiger partial charge is 0.378 e. The van der Waals surface area contributed by atoms with Crippen molar-refractivity contribution in [2.24, 2.45) is 0 Å². The molecule has 0 aromatic heterocycles. The molecule has 0 bridgehead atoms. The van der Waals surface area contributed by atoms with Crippen molar-refractivity contribution in [3.63, 3.8) is 0 Å². The summed E-state index contributed by atoms with van der Waals surface area (Å²) < 4.78 is 5.45. The summed E-state index contributed by atoms with van der Waals surface area (Å²) in [5.74, 6) is 0. The van der Waals surface area contributed by atoms with E-state index < -0.39 is 0 Å². The van der Waals surface area contributed by atoms with E-state index in [1.807, 2.05) is 0 Å². The fourth-order valence-corrected chi connectivity index (χ4v) is 3.64. The Bertz CT molecular complexity index is 1150. The van der Waals surface area contributed by atoms with E-state index in [0.29, 0.717) is 0 Å². The Labute approximate surface area is 260 Å². The molecule has 0 fully saturated rings. The second-order valence-electron chi connectivity index (χ2n) is 12.1. The first-order valence-corrected chi connectivity index (χ1v) is 15.4. The van der Waals surface area contributed by atoms with Crippen LogP contribution in [0.5, 0.6) is 0 Å². The molecule has 0 atom stereocenters. The highest BCUT2D eigenvalue weighted by Gasteiger charge is 2.12. The van der Waals surface area contributed by atoms with Crippen LogP contribution in [0.1, 0.15) is 101 Å². The van der Waals surface area contributed by atoms with Gasteiger partial charge in [0.1, 0.15) is 0 Å². The monoisotopic (exact) mass is 568 g/mol. The second-order valence-corrected chi connectivity index (χ2v) is 12.1. The first-order valence-electron chi connectivity index (χ1n) is 15.4. The molecule has 0 spiro atoms. The molecule has 0 unspecified atom stereocenters. The van der Waals surface area contributed by atoms with E-state index in [1.54, 1.807) is 7.11 Å². The zero-order valence-electron chi connectivity index (χ0n) is 28.8. The lowest BCUT2D eigenvalue weighted by atomic mass is 10.0. The molecular formula is C41H60O. The fraction of sp³-hybridized carbons (Fsp3) is 0.415. The van der Waals surface area contributed by atoms with Gasteiger partial charge in [0.05, 0.1) is 5.60 Å². The van der Waals surface area contributed by atoms with Gasteiger partial charge in [-0.25, -0.2) is 0 Å². The second kappa shape index (κ2) is 23.4. The van der Waals surface area contributed by atoms with E-state index >= 15 is 0 Å². The third kappa shape index (κ3) is 24.6. The summed E-state index contributed by atoms with van der Waals surface area (Å²) in [7, 11) is 1.76. The Kier molecular flexibility index (Phi) is 21.6. The van der Waals surface area contributed by atoms with Crippen LogP contribution in [-0.2, 0) is 4.74 Å². The van der Waals surface area contributed by atoms with Crippen LogP contribution in [-0.4, -0.2) is 12.7 Å². The molecule has 230 valence electrons. The third-order valence-electron chi connectivity index (χ3n) is 6.67. The molecule has 0 radical (unpaired) electrons. The van der Waals surface area contributed by atoms with E-state index in [0.717, 1.165) is 32.1 Å². The van der Waals surface area contributed by atoms with E-state index in [-0.39, 0.29) is 5.60 Å². The highest BCUT2D eigenvalue weighted by Crippen LogP contribution is 2.14. The number of methoxy groups -OCH3 is 1. The minimum atomic E-state index is -0.118. The van der Waals surface area contributed by atoms with Gasteiger partial charge in [0.2, 0.25) is 0 Å². The average molecular weight is 569 g/mol. The van der Waals surface area contributed by atoms with Crippen LogP contribution in [0, 0.1) is 0 Å². The van der Waals surface area contributed by atoms with Crippen molar-refractivity contribution < 1.29 is 4.74 Å². The Balaban J connectivity index is 4.66. The van der Waals surface area contributed by atoms with Crippen LogP contribution in [0.2, 0.25) is 0 Å². The molecule has 0 aromatic carbocycles. The smallest absolute Gasteiger partial charge is 0.0657 e. The minimum Gasteiger partial charge on any atom is -0.378 e. The first kappa shape index (κ1) is 38.8. The highest BCUT2D eigenvalue weighted by atomic mass is 16.5. The van der Waals surface area contributed by atoms with E-state index in [2.05, 4.69) is 173 Å². The number of allylic oxidation sites excluding steroid dienone is 23. The average Bonchev–Trinajstić information content (AvgIpc) is 2.91. The maximum absolute atomic E-state index is 5.45. The van der Waals surface area contributed by atoms with E-state index in [1.165, 1.54) is 39.0 Å². The van der Waals surface area contributed by atoms with Crippen molar-refractivity contribution in [1.29, 1.82) is 0 Å². The number of rotatable bonds is 18. The van der Waals surface area contributed by atoms with Crippen molar-refractivity contribution in [2.75, 3.05) is 7.11 Å². The van der Waals surface area contributed by atoms with Crippen LogP contribution < -0.4 is 0 Å². The molecule has 0 saturated heterocycles. The Morgan fingerprint density at radius 1 is 0.524 bits per heavy atom. The van der Waals surface area contributed by atoms with Crippen molar-refractivity contribution in [2.45, 2.75) is 107 Å². The van der Waals surface area contributed by atoms with Crippen LogP contribution in [0.25, 0.3) is 0 Å². The molecule has 0 aliphatic carbocycles. The van der Waals surface area contributed by atoms with E-state index in [9.17, 15) is 0 Å². The Morgan fingerprint density at radius 2 is 0.952 bits per heavy atom. The lowest BCUT2D eigenvalue weighted by molar-refractivity contribution is 0.0255. The predicted octanol–water partition coefficient (Wildman–Crippen LogP) is 12.8. The van der Waals surface area contributed by atoms with Gasteiger partial charge in [0, 0.05) is 7.11 Å². The molecular weight excluding hydrogens is 508 g/mol. The van der Waals surface area contributed by atoms with Crippen LogP contribution in [0.3, 0.4) is 0 Å². The van der Waals surface area contributed by atoms with Gasteiger partial charge in [-0.2, -0.15) is 0 Å². The Hall–Kier alpha value is -3.16. The summed E-state index contributed by atoms with van der Waals surface area (Å²) in [6, 6.07) is 0. The summed E-state index contributed by atoms with van der Waals surface area (Å²) >= 11 is 0. The SMILES string of the molecule is COC(C)(C)C\C=C/C(C)=C/C=C/C(C)=C/C=C/C(C)=C/C=C\C=C(C)\C=C/C=C(\C)CC/C=C(\C)CCC=C(C)C. The molecule has 0 N–H and O–H groups in total. The Morgan fingerprint density at radius 3 is 1.45 bits per heavy atom. The van der Waals surface area contributed by atoms with Crippen LogP contribution in [0.15, 0.2) is 142 Å². The minimum absolute atomic E-state index is 0.118. The molecule has 0 aliphatic rings. The van der Waals surface area contributed by atoms with Crippen molar-refractivity contribution in [3.8, 4) is 0 Å². The number of ether oxygens (including phenoxy) is 1. The van der Waals surface area contributed by atoms with Crippen LogP contribution in [0.4, 0.5) is 0 Å². The molecule has 0 amide bonds. The van der Waals surface area contributed by atoms with Gasteiger partial charge < -0.3 is 4.74 Å². The molecule has 0 saturated carbocycles. The van der Waals surface area contributed by atoms with Gasteiger partial charge in [-0.3, -0.25) is 0 Å². The van der Waals surface area contributed by atoms with Gasteiger partial charge in [-0.1, -0.05) is 142 Å². The molecule has 1 heteroatoms. The standard InChI is InChI=1S/C41H60O/c1-34(2)20-14-23-37(5)26-17-29-38(6)27-15-24-35(3)21-12-13-22-36(4)25-16-28-39(7)30-18-31-40(8)32-19-33-41(9,10)42-11/h12-13,15-16,18-22,24-28,30-32H,14,17,23,29,33H2,1-11H3/b13-12-,24-15-,25-16+,30-18+,32-19-,35-21+,36-22+,37-26+,38-27+,39-28+,40-31+. The molecule has 0 aromatic rings. The molecule has 1 nitrogen and oxygen atoms in total. The zero-order chi connectivity index (χ0) is 31.8. The first-order chi connectivity index (χ1) is 19.8. The van der Waals surface area contributed by atoms with Gasteiger partial charge >= 0.3 is 0 Å². The topological polar surface area (TPSA) is 9.23 Å². The van der Waals surface area contributed by atoms with Crippen molar-refractivity contribution >= 4 is 0 Å². The van der Waals surface area contributed by atoms with Crippen LogP contribution >= 0.6 is 0 Å². The van der Waals surface area contributed by atoms with Gasteiger partial charge in [0.25, 0.3) is 0 Å². The summed E-state index contributed by atoms with van der Waals surface area (Å²) in [5.41, 5.74) is 9.06. The van der Waals surface area contributed by atoms with Crippen molar-refractivity contribution in [1.82, 2.24) is 0 Å². The maximum Gasteiger partial charge on any atom is 0.0657 e. The summed E-state index contributed by atoms with van der Waals surface area (Å²) in [5, 5.41) is 0. The summed E-state index contributed by atoms with van der Waals surface area (Å²) in [6.45, 7) is 21.5. The lowest BCUT2D eigenvalue weighted by Crippen LogP contribution is -2.20. The normalized spacial score (nSPS) is 15.5. The molecule has 42 heavy (non-hydrogen) atoms. The fourth-order valence-electron chi connectivity index (χ4n) is 3.64. The van der Waals surface area contributed by atoms with Crippen molar-refractivity contribution in [3.05, 3.63) is 142 Å². The summed E-state index contributed by atoms with van der Waals surface area (Å²) in [6.07, 6.45) is 42.2. The quantitative estimate of drug-likeness (QED) is 0.118. The van der Waals surface area contributed by atoms with Gasteiger partial charge in [-0.15, -0.1) is 0 Å².